The maximum atomic E-state index is 12.0. The van der Waals surface area contributed by atoms with Gasteiger partial charge in [0.15, 0.2) is 0 Å². The highest BCUT2D eigenvalue weighted by atomic mass is 16.3. The summed E-state index contributed by atoms with van der Waals surface area (Å²) in [4.78, 5) is 15.6. The summed E-state index contributed by atoms with van der Waals surface area (Å²) >= 11 is 0. The molecule has 1 unspecified atom stereocenters. The van der Waals surface area contributed by atoms with Crippen LogP contribution in [0.15, 0.2) is 24.3 Å². The standard InChI is InChI=1S/C13H20N2O2/c1-10(9-16)15(4)13(17)11-5-7-12(8-6-11)14(2)3/h5-8,10,16H,9H2,1-4H3. The molecule has 1 rings (SSSR count). The molecule has 0 aliphatic carbocycles. The van der Waals surface area contributed by atoms with Gasteiger partial charge in [-0.25, -0.2) is 0 Å². The van der Waals surface area contributed by atoms with Crippen LogP contribution in [0.4, 0.5) is 5.69 Å². The molecule has 1 aromatic rings. The lowest BCUT2D eigenvalue weighted by Gasteiger charge is -2.23. The molecule has 0 radical (unpaired) electrons. The van der Waals surface area contributed by atoms with E-state index < -0.39 is 0 Å². The fraction of sp³-hybridized carbons (Fsp3) is 0.462. The number of nitrogens with zero attached hydrogens (tertiary/aromatic N) is 2. The van der Waals surface area contributed by atoms with Crippen LogP contribution in [-0.2, 0) is 0 Å². The normalized spacial score (nSPS) is 12.1. The molecule has 4 heteroatoms. The molecule has 0 aliphatic rings. The van der Waals surface area contributed by atoms with Crippen molar-refractivity contribution in [2.45, 2.75) is 13.0 Å². The van der Waals surface area contributed by atoms with Crippen LogP contribution in [0.1, 0.15) is 17.3 Å². The Labute approximate surface area is 102 Å². The molecule has 4 nitrogen and oxygen atoms in total. The molecule has 0 fully saturated rings. The average Bonchev–Trinajstić information content (AvgIpc) is 2.36. The number of aliphatic hydroxyl groups excluding tert-OH is 1. The molecular formula is C13H20N2O2. The molecule has 0 aliphatic heterocycles. The van der Waals surface area contributed by atoms with Crippen LogP contribution in [0.25, 0.3) is 0 Å². The number of amides is 1. The van der Waals surface area contributed by atoms with Gasteiger partial charge in [0.05, 0.1) is 12.6 Å². The number of aliphatic hydroxyl groups is 1. The van der Waals surface area contributed by atoms with Crippen LogP contribution >= 0.6 is 0 Å². The van der Waals surface area contributed by atoms with Gasteiger partial charge in [-0.3, -0.25) is 4.79 Å². The highest BCUT2D eigenvalue weighted by molar-refractivity contribution is 5.94. The van der Waals surface area contributed by atoms with E-state index in [2.05, 4.69) is 0 Å². The molecule has 1 N–H and O–H groups in total. The summed E-state index contributed by atoms with van der Waals surface area (Å²) in [5, 5.41) is 9.02. The van der Waals surface area contributed by atoms with Gasteiger partial charge in [0.2, 0.25) is 0 Å². The lowest BCUT2D eigenvalue weighted by Crippen LogP contribution is -2.37. The number of benzene rings is 1. The summed E-state index contributed by atoms with van der Waals surface area (Å²) in [5.41, 5.74) is 1.69. The fourth-order valence-electron chi connectivity index (χ4n) is 1.43. The van der Waals surface area contributed by atoms with E-state index in [1.807, 2.05) is 38.1 Å². The second kappa shape index (κ2) is 5.68. The molecule has 94 valence electrons. The van der Waals surface area contributed by atoms with E-state index in [1.165, 1.54) is 0 Å². The van der Waals surface area contributed by atoms with Gasteiger partial charge in [-0.2, -0.15) is 0 Å². The first-order valence-corrected chi connectivity index (χ1v) is 5.62. The van der Waals surface area contributed by atoms with Crippen molar-refractivity contribution < 1.29 is 9.90 Å². The first-order valence-electron chi connectivity index (χ1n) is 5.62. The van der Waals surface area contributed by atoms with Gasteiger partial charge in [-0.05, 0) is 31.2 Å². The minimum atomic E-state index is -0.170. The van der Waals surface area contributed by atoms with Gasteiger partial charge in [-0.1, -0.05) is 0 Å². The Kier molecular flexibility index (Phi) is 4.52. The topological polar surface area (TPSA) is 43.8 Å². The van der Waals surface area contributed by atoms with E-state index in [9.17, 15) is 4.79 Å². The Morgan fingerprint density at radius 3 is 2.18 bits per heavy atom. The second-order valence-electron chi connectivity index (χ2n) is 4.39. The maximum Gasteiger partial charge on any atom is 0.253 e. The van der Waals surface area contributed by atoms with E-state index in [0.717, 1.165) is 5.69 Å². The monoisotopic (exact) mass is 236 g/mol. The molecule has 1 atom stereocenters. The fourth-order valence-corrected chi connectivity index (χ4v) is 1.43. The molecule has 0 bridgehead atoms. The number of rotatable bonds is 4. The summed E-state index contributed by atoms with van der Waals surface area (Å²) in [7, 11) is 5.61. The molecule has 0 heterocycles. The predicted molar refractivity (Wildman–Crippen MR) is 69.4 cm³/mol. The number of carbonyl (C=O) groups is 1. The van der Waals surface area contributed by atoms with Gasteiger partial charge in [0.25, 0.3) is 5.91 Å². The summed E-state index contributed by atoms with van der Waals surface area (Å²) < 4.78 is 0. The molecule has 1 amide bonds. The zero-order chi connectivity index (χ0) is 13.0. The van der Waals surface area contributed by atoms with Gasteiger partial charge >= 0.3 is 0 Å². The predicted octanol–water partition coefficient (Wildman–Crippen LogP) is 1.21. The summed E-state index contributed by atoms with van der Waals surface area (Å²) in [5.74, 6) is -0.0724. The third-order valence-electron chi connectivity index (χ3n) is 2.88. The lowest BCUT2D eigenvalue weighted by atomic mass is 10.1. The number of hydrogen-bond donors (Lipinski definition) is 1. The third kappa shape index (κ3) is 3.20. The Morgan fingerprint density at radius 2 is 1.76 bits per heavy atom. The van der Waals surface area contributed by atoms with Crippen LogP contribution in [0, 0.1) is 0 Å². The van der Waals surface area contributed by atoms with Crippen molar-refractivity contribution in [2.24, 2.45) is 0 Å². The van der Waals surface area contributed by atoms with Crippen molar-refractivity contribution in [1.82, 2.24) is 4.90 Å². The number of carbonyl (C=O) groups excluding carboxylic acids is 1. The van der Waals surface area contributed by atoms with Crippen molar-refractivity contribution in [1.29, 1.82) is 0 Å². The Bertz CT molecular complexity index is 374. The largest absolute Gasteiger partial charge is 0.394 e. The first kappa shape index (κ1) is 13.5. The van der Waals surface area contributed by atoms with Crippen LogP contribution in [0.3, 0.4) is 0 Å². The average molecular weight is 236 g/mol. The minimum Gasteiger partial charge on any atom is -0.394 e. The van der Waals surface area contributed by atoms with E-state index in [0.29, 0.717) is 5.56 Å². The third-order valence-corrected chi connectivity index (χ3v) is 2.88. The quantitative estimate of drug-likeness (QED) is 0.854. The van der Waals surface area contributed by atoms with Gasteiger partial charge in [-0.15, -0.1) is 0 Å². The summed E-state index contributed by atoms with van der Waals surface area (Å²) in [6, 6.07) is 7.25. The molecule has 0 saturated carbocycles. The molecule has 1 aromatic carbocycles. The maximum absolute atomic E-state index is 12.0. The SMILES string of the molecule is CC(CO)N(C)C(=O)c1ccc(N(C)C)cc1. The zero-order valence-corrected chi connectivity index (χ0v) is 10.8. The highest BCUT2D eigenvalue weighted by Crippen LogP contribution is 2.14. The molecular weight excluding hydrogens is 216 g/mol. The van der Waals surface area contributed by atoms with Crippen LogP contribution in [-0.4, -0.2) is 49.7 Å². The summed E-state index contributed by atoms with van der Waals surface area (Å²) in [6.07, 6.45) is 0. The summed E-state index contributed by atoms with van der Waals surface area (Å²) in [6.45, 7) is 1.78. The van der Waals surface area contributed by atoms with Crippen LogP contribution in [0.5, 0.6) is 0 Å². The Hall–Kier alpha value is -1.55. The van der Waals surface area contributed by atoms with E-state index in [4.69, 9.17) is 5.11 Å². The van der Waals surface area contributed by atoms with Crippen molar-refractivity contribution in [3.8, 4) is 0 Å². The molecule has 0 aromatic heterocycles. The smallest absolute Gasteiger partial charge is 0.253 e. The van der Waals surface area contributed by atoms with Crippen LogP contribution < -0.4 is 4.90 Å². The lowest BCUT2D eigenvalue weighted by molar-refractivity contribution is 0.0682. The van der Waals surface area contributed by atoms with Gasteiger partial charge in [0, 0.05) is 32.4 Å². The first-order chi connectivity index (χ1) is 7.97. The van der Waals surface area contributed by atoms with Crippen LogP contribution in [0.2, 0.25) is 0 Å². The van der Waals surface area contributed by atoms with E-state index in [-0.39, 0.29) is 18.6 Å². The number of anilines is 1. The van der Waals surface area contributed by atoms with Gasteiger partial charge < -0.3 is 14.9 Å². The number of likely N-dealkylation sites (N-methyl/N-ethyl adjacent to an activating group) is 1. The van der Waals surface area contributed by atoms with E-state index in [1.54, 1.807) is 24.1 Å². The van der Waals surface area contributed by atoms with Crippen molar-refractivity contribution in [3.63, 3.8) is 0 Å². The Morgan fingerprint density at radius 1 is 1.24 bits per heavy atom. The number of hydrogen-bond acceptors (Lipinski definition) is 3. The zero-order valence-electron chi connectivity index (χ0n) is 10.8. The van der Waals surface area contributed by atoms with E-state index >= 15 is 0 Å². The molecule has 17 heavy (non-hydrogen) atoms. The molecule has 0 spiro atoms. The molecule has 0 saturated heterocycles. The van der Waals surface area contributed by atoms with Gasteiger partial charge in [0.1, 0.15) is 0 Å². The second-order valence-corrected chi connectivity index (χ2v) is 4.39. The highest BCUT2D eigenvalue weighted by Gasteiger charge is 2.16. The van der Waals surface area contributed by atoms with Crippen molar-refractivity contribution >= 4 is 11.6 Å². The van der Waals surface area contributed by atoms with Crippen molar-refractivity contribution in [2.75, 3.05) is 32.6 Å². The Balaban J connectivity index is 2.83. The minimum absolute atomic E-state index is 0.0297. The van der Waals surface area contributed by atoms with Crippen molar-refractivity contribution in [3.05, 3.63) is 29.8 Å².